The Morgan fingerprint density at radius 1 is 0.893 bits per heavy atom. The fourth-order valence-corrected chi connectivity index (χ4v) is 3.72. The summed E-state index contributed by atoms with van der Waals surface area (Å²) in [6, 6.07) is 15.0. The van der Waals surface area contributed by atoms with Crippen molar-refractivity contribution in [2.24, 2.45) is 11.8 Å². The van der Waals surface area contributed by atoms with E-state index in [2.05, 4.69) is 18.8 Å². The summed E-state index contributed by atoms with van der Waals surface area (Å²) >= 11 is 0. The monoisotopic (exact) mass is 376 g/mol. The second kappa shape index (κ2) is 9.99. The number of hydrogen-bond donors (Lipinski definition) is 0. The van der Waals surface area contributed by atoms with E-state index in [-0.39, 0.29) is 11.9 Å². The van der Waals surface area contributed by atoms with Crippen molar-refractivity contribution >= 4 is 5.97 Å². The first-order chi connectivity index (χ1) is 13.7. The molecule has 0 saturated heterocycles. The van der Waals surface area contributed by atoms with Crippen LogP contribution in [0.4, 0.5) is 0 Å². The van der Waals surface area contributed by atoms with Crippen molar-refractivity contribution in [1.29, 1.82) is 0 Å². The van der Waals surface area contributed by atoms with Gasteiger partial charge in [-0.05, 0) is 80.1 Å². The van der Waals surface area contributed by atoms with Gasteiger partial charge in [0, 0.05) is 11.1 Å². The molecule has 3 rings (SSSR count). The minimum absolute atomic E-state index is 0.0441. The molecule has 1 fully saturated rings. The molecule has 0 heterocycles. The van der Waals surface area contributed by atoms with Gasteiger partial charge in [0.05, 0.1) is 13.0 Å². The van der Waals surface area contributed by atoms with E-state index in [0.717, 1.165) is 48.5 Å². The minimum atomic E-state index is -0.0907. The van der Waals surface area contributed by atoms with Crippen molar-refractivity contribution in [3.05, 3.63) is 59.7 Å². The zero-order valence-electron chi connectivity index (χ0n) is 16.7. The number of benzene rings is 2. The van der Waals surface area contributed by atoms with Crippen LogP contribution in [0.1, 0.15) is 56.6 Å². The molecule has 1 saturated carbocycles. The molecule has 28 heavy (non-hydrogen) atoms. The van der Waals surface area contributed by atoms with Gasteiger partial charge in [0.15, 0.2) is 0 Å². The lowest BCUT2D eigenvalue weighted by atomic mass is 9.80. The summed E-state index contributed by atoms with van der Waals surface area (Å²) < 4.78 is 10.7. The van der Waals surface area contributed by atoms with Crippen LogP contribution in [0.5, 0.6) is 11.5 Å². The molecule has 0 amide bonds. The van der Waals surface area contributed by atoms with Crippen molar-refractivity contribution in [2.75, 3.05) is 7.11 Å². The molecular formula is C25H28O3. The largest absolute Gasteiger partial charge is 0.497 e. The normalized spacial score (nSPS) is 18.6. The standard InChI is InChI=1S/C25H28O3/c1-3-4-19-7-13-22(14-8-19)25(26)28-24-17-11-21(12-18-24)6-5-20-9-15-23(27-2)16-10-20/h9-12,15-19,22H,3-4,7-8,13-14H2,1-2H3. The third-order valence-corrected chi connectivity index (χ3v) is 5.39. The molecule has 2 aromatic rings. The fraction of sp³-hybridized carbons (Fsp3) is 0.400. The smallest absolute Gasteiger partial charge is 0.314 e. The predicted molar refractivity (Wildman–Crippen MR) is 111 cm³/mol. The molecule has 0 radical (unpaired) electrons. The van der Waals surface area contributed by atoms with E-state index in [1.54, 1.807) is 7.11 Å². The topological polar surface area (TPSA) is 35.5 Å². The Labute approximate surface area is 168 Å². The van der Waals surface area contributed by atoms with E-state index in [4.69, 9.17) is 9.47 Å². The van der Waals surface area contributed by atoms with Crippen molar-refractivity contribution in [3.8, 4) is 23.3 Å². The van der Waals surface area contributed by atoms with Crippen LogP contribution in [0.3, 0.4) is 0 Å². The van der Waals surface area contributed by atoms with Gasteiger partial charge in [0.1, 0.15) is 11.5 Å². The number of hydrogen-bond acceptors (Lipinski definition) is 3. The fourth-order valence-electron chi connectivity index (χ4n) is 3.72. The zero-order chi connectivity index (χ0) is 19.8. The Hall–Kier alpha value is -2.73. The summed E-state index contributed by atoms with van der Waals surface area (Å²) in [6.45, 7) is 2.23. The first-order valence-electron chi connectivity index (χ1n) is 10.2. The molecule has 0 aliphatic heterocycles. The SMILES string of the molecule is CCCC1CCC(C(=O)Oc2ccc(C#Cc3ccc(OC)cc3)cc2)CC1. The van der Waals surface area contributed by atoms with Crippen molar-refractivity contribution in [2.45, 2.75) is 45.4 Å². The maximum Gasteiger partial charge on any atom is 0.314 e. The number of esters is 1. The van der Waals surface area contributed by atoms with Crippen LogP contribution in [-0.2, 0) is 4.79 Å². The lowest BCUT2D eigenvalue weighted by Crippen LogP contribution is -2.25. The Bertz CT molecular complexity index is 817. The van der Waals surface area contributed by atoms with Gasteiger partial charge in [0.2, 0.25) is 0 Å². The maximum atomic E-state index is 12.4. The Kier molecular flexibility index (Phi) is 7.14. The number of carbonyl (C=O) groups excluding carboxylic acids is 1. The van der Waals surface area contributed by atoms with E-state index >= 15 is 0 Å². The van der Waals surface area contributed by atoms with Crippen LogP contribution in [0.15, 0.2) is 48.5 Å². The van der Waals surface area contributed by atoms with Crippen LogP contribution < -0.4 is 9.47 Å². The van der Waals surface area contributed by atoms with Gasteiger partial charge >= 0.3 is 5.97 Å². The average Bonchev–Trinajstić information content (AvgIpc) is 2.74. The molecule has 3 nitrogen and oxygen atoms in total. The molecule has 1 aliphatic rings. The third kappa shape index (κ3) is 5.63. The summed E-state index contributed by atoms with van der Waals surface area (Å²) in [7, 11) is 1.65. The minimum Gasteiger partial charge on any atom is -0.497 e. The highest BCUT2D eigenvalue weighted by atomic mass is 16.5. The summed E-state index contributed by atoms with van der Waals surface area (Å²) in [6.07, 6.45) is 6.71. The van der Waals surface area contributed by atoms with E-state index in [1.807, 2.05) is 48.5 Å². The van der Waals surface area contributed by atoms with E-state index in [9.17, 15) is 4.79 Å². The van der Waals surface area contributed by atoms with E-state index in [1.165, 1.54) is 12.8 Å². The third-order valence-electron chi connectivity index (χ3n) is 5.39. The highest BCUT2D eigenvalue weighted by Crippen LogP contribution is 2.32. The number of rotatable bonds is 5. The summed E-state index contributed by atoms with van der Waals surface area (Å²) in [4.78, 5) is 12.4. The van der Waals surface area contributed by atoms with E-state index < -0.39 is 0 Å². The maximum absolute atomic E-state index is 12.4. The van der Waals surface area contributed by atoms with Gasteiger partial charge in [0.25, 0.3) is 0 Å². The first kappa shape index (κ1) is 20.0. The Morgan fingerprint density at radius 3 is 1.93 bits per heavy atom. The van der Waals surface area contributed by atoms with Gasteiger partial charge in [-0.1, -0.05) is 31.6 Å². The highest BCUT2D eigenvalue weighted by molar-refractivity contribution is 5.75. The molecule has 0 spiro atoms. The lowest BCUT2D eigenvalue weighted by molar-refractivity contribution is -0.140. The van der Waals surface area contributed by atoms with Crippen LogP contribution in [0.25, 0.3) is 0 Å². The zero-order valence-corrected chi connectivity index (χ0v) is 16.7. The molecular weight excluding hydrogens is 348 g/mol. The average molecular weight is 376 g/mol. The molecule has 0 unspecified atom stereocenters. The van der Waals surface area contributed by atoms with Gasteiger partial charge in [-0.3, -0.25) is 4.79 Å². The first-order valence-corrected chi connectivity index (χ1v) is 10.2. The van der Waals surface area contributed by atoms with Gasteiger partial charge in [-0.2, -0.15) is 0 Å². The number of methoxy groups -OCH3 is 1. The van der Waals surface area contributed by atoms with Crippen LogP contribution in [-0.4, -0.2) is 13.1 Å². The molecule has 1 aliphatic carbocycles. The van der Waals surface area contributed by atoms with Gasteiger partial charge < -0.3 is 9.47 Å². The van der Waals surface area contributed by atoms with Crippen LogP contribution in [0, 0.1) is 23.7 Å². The Balaban J connectivity index is 1.53. The second-order valence-electron chi connectivity index (χ2n) is 7.43. The lowest BCUT2D eigenvalue weighted by Gasteiger charge is -2.26. The van der Waals surface area contributed by atoms with Crippen molar-refractivity contribution in [1.82, 2.24) is 0 Å². The molecule has 2 aromatic carbocycles. The predicted octanol–water partition coefficient (Wildman–Crippen LogP) is 5.61. The number of ether oxygens (including phenoxy) is 2. The molecule has 0 atom stereocenters. The van der Waals surface area contributed by atoms with Gasteiger partial charge in [-0.25, -0.2) is 0 Å². The molecule has 146 valence electrons. The summed E-state index contributed by atoms with van der Waals surface area (Å²) in [5.74, 6) is 8.40. The van der Waals surface area contributed by atoms with Crippen molar-refractivity contribution < 1.29 is 14.3 Å². The van der Waals surface area contributed by atoms with Crippen LogP contribution >= 0.6 is 0 Å². The summed E-state index contributed by atoms with van der Waals surface area (Å²) in [5, 5.41) is 0. The highest BCUT2D eigenvalue weighted by Gasteiger charge is 2.27. The van der Waals surface area contributed by atoms with E-state index in [0.29, 0.717) is 5.75 Å². The van der Waals surface area contributed by atoms with Crippen molar-refractivity contribution in [3.63, 3.8) is 0 Å². The molecule has 0 bridgehead atoms. The quantitative estimate of drug-likeness (QED) is 0.387. The summed E-state index contributed by atoms with van der Waals surface area (Å²) in [5.41, 5.74) is 1.81. The number of carbonyl (C=O) groups is 1. The Morgan fingerprint density at radius 2 is 1.43 bits per heavy atom. The molecule has 3 heteroatoms. The molecule has 0 N–H and O–H groups in total. The molecule has 0 aromatic heterocycles. The second-order valence-corrected chi connectivity index (χ2v) is 7.43. The van der Waals surface area contributed by atoms with Crippen LogP contribution in [0.2, 0.25) is 0 Å². The van der Waals surface area contributed by atoms with Gasteiger partial charge in [-0.15, -0.1) is 0 Å².